The van der Waals surface area contributed by atoms with Crippen LogP contribution in [0, 0.1) is 5.92 Å². The van der Waals surface area contributed by atoms with Gasteiger partial charge < -0.3 is 15.5 Å². The number of anilines is 1. The molecule has 5 nitrogen and oxygen atoms in total. The lowest BCUT2D eigenvalue weighted by atomic mass is 10.2. The largest absolute Gasteiger partial charge is 0.355 e. The Morgan fingerprint density at radius 3 is 2.70 bits per heavy atom. The first-order valence-electron chi connectivity index (χ1n) is 7.23. The topological polar surface area (TPSA) is 57.3 Å². The first-order valence-corrected chi connectivity index (χ1v) is 8.05. The highest BCUT2D eigenvalue weighted by atomic mass is 32.1. The van der Waals surface area contributed by atoms with Gasteiger partial charge in [-0.3, -0.25) is 4.79 Å². The van der Waals surface area contributed by atoms with E-state index in [1.54, 1.807) is 11.3 Å². The zero-order valence-corrected chi connectivity index (χ0v) is 13.7. The van der Waals surface area contributed by atoms with Crippen LogP contribution in [0.1, 0.15) is 32.6 Å². The summed E-state index contributed by atoms with van der Waals surface area (Å²) in [6, 6.07) is 0. The van der Waals surface area contributed by atoms with Crippen LogP contribution in [0.15, 0.2) is 6.20 Å². The lowest BCUT2D eigenvalue weighted by Crippen LogP contribution is -2.35. The van der Waals surface area contributed by atoms with Crippen LogP contribution < -0.4 is 15.5 Å². The summed E-state index contributed by atoms with van der Waals surface area (Å²) in [7, 11) is 0. The van der Waals surface area contributed by atoms with Crippen molar-refractivity contribution in [3.05, 3.63) is 11.1 Å². The lowest BCUT2D eigenvalue weighted by Gasteiger charge is -2.16. The number of rotatable bonds is 9. The highest BCUT2D eigenvalue weighted by molar-refractivity contribution is 7.15. The Hall–Kier alpha value is -1.14. The van der Waals surface area contributed by atoms with Gasteiger partial charge in [-0.25, -0.2) is 4.98 Å². The molecule has 0 unspecified atom stereocenters. The summed E-state index contributed by atoms with van der Waals surface area (Å²) in [6.07, 6.45) is 1.89. The fourth-order valence-electron chi connectivity index (χ4n) is 1.70. The molecule has 0 saturated carbocycles. The molecule has 20 heavy (non-hydrogen) atoms. The van der Waals surface area contributed by atoms with Crippen LogP contribution in [-0.4, -0.2) is 37.1 Å². The Bertz CT molecular complexity index is 402. The van der Waals surface area contributed by atoms with E-state index in [2.05, 4.69) is 48.2 Å². The third kappa shape index (κ3) is 5.88. The monoisotopic (exact) mass is 298 g/mol. The van der Waals surface area contributed by atoms with Crippen molar-refractivity contribution in [2.24, 2.45) is 5.92 Å². The van der Waals surface area contributed by atoms with Crippen molar-refractivity contribution in [3.63, 3.8) is 0 Å². The molecule has 0 aliphatic carbocycles. The number of carbonyl (C=O) groups excluding carboxylic acids is 1. The molecule has 0 saturated heterocycles. The van der Waals surface area contributed by atoms with Crippen LogP contribution in [0.3, 0.4) is 0 Å². The number of aromatic nitrogens is 1. The molecule has 0 bridgehead atoms. The van der Waals surface area contributed by atoms with Crippen LogP contribution in [0.4, 0.5) is 5.13 Å². The van der Waals surface area contributed by atoms with Crippen LogP contribution in [-0.2, 0) is 11.3 Å². The minimum absolute atomic E-state index is 0.0483. The van der Waals surface area contributed by atoms with Gasteiger partial charge in [0.1, 0.15) is 0 Å². The number of amides is 1. The van der Waals surface area contributed by atoms with Gasteiger partial charge >= 0.3 is 0 Å². The molecule has 0 fully saturated rings. The molecular formula is C14H26N4OS. The zero-order valence-electron chi connectivity index (χ0n) is 12.9. The number of nitrogens with zero attached hydrogens (tertiary/aromatic N) is 2. The van der Waals surface area contributed by atoms with E-state index in [9.17, 15) is 4.79 Å². The van der Waals surface area contributed by atoms with E-state index in [4.69, 9.17) is 0 Å². The Morgan fingerprint density at radius 2 is 2.10 bits per heavy atom. The molecule has 1 aromatic rings. The summed E-state index contributed by atoms with van der Waals surface area (Å²) in [5.74, 6) is 0.532. The van der Waals surface area contributed by atoms with Crippen LogP contribution in [0.25, 0.3) is 0 Å². The molecular weight excluding hydrogens is 272 g/mol. The molecule has 0 aliphatic rings. The van der Waals surface area contributed by atoms with E-state index in [0.717, 1.165) is 29.6 Å². The maximum atomic E-state index is 11.5. The fraction of sp³-hybridized carbons (Fsp3) is 0.714. The van der Waals surface area contributed by atoms with Crippen molar-refractivity contribution < 1.29 is 4.79 Å². The maximum Gasteiger partial charge on any atom is 0.233 e. The van der Waals surface area contributed by atoms with Crippen LogP contribution in [0.5, 0.6) is 0 Å². The lowest BCUT2D eigenvalue weighted by molar-refractivity contribution is -0.120. The van der Waals surface area contributed by atoms with E-state index in [1.165, 1.54) is 0 Å². The predicted molar refractivity (Wildman–Crippen MR) is 85.2 cm³/mol. The summed E-state index contributed by atoms with van der Waals surface area (Å²) >= 11 is 1.68. The standard InChI is InChI=1S/C14H26N4OS/c1-5-18(6-2)14-17-9-12(20-14)8-15-10-13(19)16-7-11(3)4/h9,11,15H,5-8,10H2,1-4H3,(H,16,19). The quantitative estimate of drug-likeness (QED) is 0.730. The Balaban J connectivity index is 2.30. The summed E-state index contributed by atoms with van der Waals surface area (Å²) in [4.78, 5) is 19.4. The molecule has 1 heterocycles. The average molecular weight is 298 g/mol. The van der Waals surface area contributed by atoms with E-state index >= 15 is 0 Å². The molecule has 1 rings (SSSR count). The van der Waals surface area contributed by atoms with Crippen molar-refractivity contribution in [2.45, 2.75) is 34.2 Å². The third-order valence-corrected chi connectivity index (χ3v) is 3.93. The van der Waals surface area contributed by atoms with Crippen molar-refractivity contribution in [2.75, 3.05) is 31.1 Å². The Kier molecular flexibility index (Phi) is 7.54. The number of thiazole rings is 1. The van der Waals surface area contributed by atoms with Gasteiger partial charge in [-0.15, -0.1) is 11.3 Å². The van der Waals surface area contributed by atoms with Gasteiger partial charge in [0.2, 0.25) is 5.91 Å². The van der Waals surface area contributed by atoms with E-state index < -0.39 is 0 Å². The van der Waals surface area contributed by atoms with Crippen molar-refractivity contribution in [3.8, 4) is 0 Å². The summed E-state index contributed by atoms with van der Waals surface area (Å²) in [6.45, 7) is 12.1. The molecule has 114 valence electrons. The average Bonchev–Trinajstić information content (AvgIpc) is 2.86. The molecule has 0 spiro atoms. The predicted octanol–water partition coefficient (Wildman–Crippen LogP) is 1.85. The first kappa shape index (κ1) is 16.9. The molecule has 6 heteroatoms. The van der Waals surface area contributed by atoms with Gasteiger partial charge in [-0.1, -0.05) is 13.8 Å². The molecule has 0 aliphatic heterocycles. The minimum Gasteiger partial charge on any atom is -0.355 e. The Labute approximate surface area is 125 Å². The van der Waals surface area contributed by atoms with Crippen molar-refractivity contribution in [1.29, 1.82) is 0 Å². The summed E-state index contributed by atoms with van der Waals surface area (Å²) in [5.41, 5.74) is 0. The van der Waals surface area contributed by atoms with Crippen molar-refractivity contribution >= 4 is 22.4 Å². The third-order valence-electron chi connectivity index (χ3n) is 2.87. The molecule has 2 N–H and O–H groups in total. The number of nitrogens with one attached hydrogen (secondary N) is 2. The van der Waals surface area contributed by atoms with Gasteiger partial charge in [0.25, 0.3) is 0 Å². The second-order valence-electron chi connectivity index (χ2n) is 5.08. The fourth-order valence-corrected chi connectivity index (χ4v) is 2.71. The van der Waals surface area contributed by atoms with Gasteiger partial charge in [0.15, 0.2) is 5.13 Å². The highest BCUT2D eigenvalue weighted by Gasteiger charge is 2.08. The van der Waals surface area contributed by atoms with Crippen LogP contribution >= 0.6 is 11.3 Å². The van der Waals surface area contributed by atoms with E-state index in [0.29, 0.717) is 19.0 Å². The van der Waals surface area contributed by atoms with Crippen LogP contribution in [0.2, 0.25) is 0 Å². The SMILES string of the molecule is CCN(CC)c1ncc(CNCC(=O)NCC(C)C)s1. The minimum atomic E-state index is 0.0483. The van der Waals surface area contributed by atoms with Gasteiger partial charge in [0, 0.05) is 37.3 Å². The normalized spacial score (nSPS) is 10.8. The van der Waals surface area contributed by atoms with E-state index in [-0.39, 0.29) is 5.91 Å². The molecule has 1 amide bonds. The molecule has 0 atom stereocenters. The highest BCUT2D eigenvalue weighted by Crippen LogP contribution is 2.21. The first-order chi connectivity index (χ1) is 9.56. The molecule has 0 aromatic carbocycles. The van der Waals surface area contributed by atoms with Gasteiger partial charge in [0.05, 0.1) is 6.54 Å². The molecule has 0 radical (unpaired) electrons. The maximum absolute atomic E-state index is 11.5. The number of carbonyl (C=O) groups is 1. The van der Waals surface area contributed by atoms with E-state index in [1.807, 2.05) is 6.20 Å². The zero-order chi connectivity index (χ0) is 15.0. The summed E-state index contributed by atoms with van der Waals surface area (Å²) in [5, 5.41) is 7.09. The second-order valence-corrected chi connectivity index (χ2v) is 6.18. The molecule has 1 aromatic heterocycles. The van der Waals surface area contributed by atoms with Gasteiger partial charge in [-0.2, -0.15) is 0 Å². The number of hydrogen-bond donors (Lipinski definition) is 2. The van der Waals surface area contributed by atoms with Crippen molar-refractivity contribution in [1.82, 2.24) is 15.6 Å². The van der Waals surface area contributed by atoms with Gasteiger partial charge in [-0.05, 0) is 19.8 Å². The summed E-state index contributed by atoms with van der Waals surface area (Å²) < 4.78 is 0. The number of hydrogen-bond acceptors (Lipinski definition) is 5. The smallest absolute Gasteiger partial charge is 0.233 e. The second kappa shape index (κ2) is 8.92. The Morgan fingerprint density at radius 1 is 1.40 bits per heavy atom.